The fraction of sp³-hybridized carbons (Fsp3) is 0.833. The summed E-state index contributed by atoms with van der Waals surface area (Å²) in [5, 5.41) is 5.42. The lowest BCUT2D eigenvalue weighted by Gasteiger charge is -2.24. The van der Waals surface area contributed by atoms with Gasteiger partial charge in [0, 0.05) is 6.92 Å². The molecule has 0 aliphatic heterocycles. The highest BCUT2D eigenvalue weighted by Crippen LogP contribution is 2.10. The molecule has 0 aliphatic rings. The number of nitrogens with one attached hydrogen (secondary N) is 2. The molecule has 0 spiro atoms. The first-order valence-corrected chi connectivity index (χ1v) is 8.91. The Balaban J connectivity index is 4.90. The van der Waals surface area contributed by atoms with Crippen LogP contribution in [0, 0.1) is 11.8 Å². The molecule has 0 heterocycles. The van der Waals surface area contributed by atoms with Crippen molar-refractivity contribution in [3.8, 4) is 0 Å². The number of carbonyl (C=O) groups excluding carboxylic acids is 3. The number of hydrogen-bond donors (Lipinski definition) is 2. The number of rotatable bonds is 11. The average molecular weight is 342 g/mol. The third kappa shape index (κ3) is 10.2. The minimum absolute atomic E-state index is 0.235. The third-order valence-electron chi connectivity index (χ3n) is 3.45. The van der Waals surface area contributed by atoms with Crippen LogP contribution in [0.1, 0.15) is 67.2 Å². The molecule has 0 bridgehead atoms. The van der Waals surface area contributed by atoms with E-state index in [2.05, 4.69) is 10.6 Å². The molecule has 0 saturated carbocycles. The third-order valence-corrected chi connectivity index (χ3v) is 3.45. The molecule has 0 rings (SSSR count). The molecule has 140 valence electrons. The molecule has 0 aliphatic carbocycles. The van der Waals surface area contributed by atoms with Gasteiger partial charge in [-0.05, 0) is 31.1 Å². The summed E-state index contributed by atoms with van der Waals surface area (Å²) in [5.74, 6) is -0.527. The van der Waals surface area contributed by atoms with E-state index in [9.17, 15) is 14.4 Å². The smallest absolute Gasteiger partial charge is 0.328 e. The molecule has 0 radical (unpaired) electrons. The Bertz CT molecular complexity index is 408. The zero-order valence-electron chi connectivity index (χ0n) is 16.0. The lowest BCUT2D eigenvalue weighted by molar-refractivity contribution is -0.148. The van der Waals surface area contributed by atoms with Crippen molar-refractivity contribution in [3.05, 3.63) is 0 Å². The molecule has 0 aromatic carbocycles. The SMILES string of the molecule is CCCCOC(=O)[C@H](CC(C)C)NC(=O)[C@H](CC(C)C)NC(C)=O. The predicted molar refractivity (Wildman–Crippen MR) is 94.3 cm³/mol. The molecular weight excluding hydrogens is 308 g/mol. The fourth-order valence-corrected chi connectivity index (χ4v) is 2.32. The van der Waals surface area contributed by atoms with Gasteiger partial charge in [0.15, 0.2) is 0 Å². The van der Waals surface area contributed by atoms with E-state index in [4.69, 9.17) is 4.74 Å². The number of unbranched alkanes of at least 4 members (excludes halogenated alkanes) is 1. The molecular formula is C18H34N2O4. The van der Waals surface area contributed by atoms with Gasteiger partial charge in [0.25, 0.3) is 0 Å². The van der Waals surface area contributed by atoms with Crippen molar-refractivity contribution in [2.45, 2.75) is 79.3 Å². The first-order valence-electron chi connectivity index (χ1n) is 8.91. The first-order chi connectivity index (χ1) is 11.2. The topological polar surface area (TPSA) is 84.5 Å². The largest absolute Gasteiger partial charge is 0.464 e. The number of hydrogen-bond acceptors (Lipinski definition) is 4. The van der Waals surface area contributed by atoms with Crippen LogP contribution < -0.4 is 10.6 Å². The van der Waals surface area contributed by atoms with Gasteiger partial charge in [-0.1, -0.05) is 41.0 Å². The minimum Gasteiger partial charge on any atom is -0.464 e. The Kier molecular flexibility index (Phi) is 11.1. The lowest BCUT2D eigenvalue weighted by atomic mass is 10.0. The highest BCUT2D eigenvalue weighted by atomic mass is 16.5. The van der Waals surface area contributed by atoms with Crippen LogP contribution in [-0.2, 0) is 19.1 Å². The molecule has 24 heavy (non-hydrogen) atoms. The van der Waals surface area contributed by atoms with Crippen LogP contribution >= 0.6 is 0 Å². The quantitative estimate of drug-likeness (QED) is 0.446. The van der Waals surface area contributed by atoms with Gasteiger partial charge < -0.3 is 15.4 Å². The first kappa shape index (κ1) is 22.4. The van der Waals surface area contributed by atoms with E-state index in [-0.39, 0.29) is 23.7 Å². The van der Waals surface area contributed by atoms with Crippen molar-refractivity contribution in [3.63, 3.8) is 0 Å². The van der Waals surface area contributed by atoms with Gasteiger partial charge in [-0.25, -0.2) is 4.79 Å². The van der Waals surface area contributed by atoms with Crippen molar-refractivity contribution < 1.29 is 19.1 Å². The Morgan fingerprint density at radius 1 is 0.917 bits per heavy atom. The summed E-state index contributed by atoms with van der Waals surface area (Å²) in [7, 11) is 0. The van der Waals surface area contributed by atoms with Crippen LogP contribution in [0.15, 0.2) is 0 Å². The van der Waals surface area contributed by atoms with Crippen LogP contribution in [-0.4, -0.2) is 36.5 Å². The van der Waals surface area contributed by atoms with Crippen LogP contribution in [0.3, 0.4) is 0 Å². The molecule has 0 aromatic heterocycles. The van der Waals surface area contributed by atoms with Crippen molar-refractivity contribution in [2.24, 2.45) is 11.8 Å². The van der Waals surface area contributed by atoms with E-state index in [1.54, 1.807) is 0 Å². The van der Waals surface area contributed by atoms with Crippen molar-refractivity contribution in [2.75, 3.05) is 6.61 Å². The standard InChI is InChI=1S/C18H34N2O4/c1-7-8-9-24-18(23)16(11-13(4)5)20-17(22)15(10-12(2)3)19-14(6)21/h12-13,15-16H,7-11H2,1-6H3,(H,19,21)(H,20,22)/t15-,16-/m0/s1. The van der Waals surface area contributed by atoms with Crippen LogP contribution in [0.4, 0.5) is 0 Å². The summed E-state index contributed by atoms with van der Waals surface area (Å²) in [4.78, 5) is 36.1. The van der Waals surface area contributed by atoms with Crippen molar-refractivity contribution in [1.29, 1.82) is 0 Å². The van der Waals surface area contributed by atoms with Gasteiger partial charge in [-0.3, -0.25) is 9.59 Å². The molecule has 6 nitrogen and oxygen atoms in total. The van der Waals surface area contributed by atoms with Gasteiger partial charge in [-0.2, -0.15) is 0 Å². The van der Waals surface area contributed by atoms with E-state index >= 15 is 0 Å². The number of esters is 1. The van der Waals surface area contributed by atoms with E-state index in [0.717, 1.165) is 12.8 Å². The summed E-state index contributed by atoms with van der Waals surface area (Å²) in [6.07, 6.45) is 2.76. The fourth-order valence-electron chi connectivity index (χ4n) is 2.32. The predicted octanol–water partition coefficient (Wildman–Crippen LogP) is 2.41. The van der Waals surface area contributed by atoms with Gasteiger partial charge in [-0.15, -0.1) is 0 Å². The molecule has 0 saturated heterocycles. The molecule has 0 fully saturated rings. The number of carbonyl (C=O) groups is 3. The van der Waals surface area contributed by atoms with Gasteiger partial charge in [0.2, 0.25) is 11.8 Å². The number of ether oxygens (including phenoxy) is 1. The zero-order chi connectivity index (χ0) is 18.7. The van der Waals surface area contributed by atoms with E-state index in [0.29, 0.717) is 19.4 Å². The maximum atomic E-state index is 12.5. The van der Waals surface area contributed by atoms with Gasteiger partial charge >= 0.3 is 5.97 Å². The Labute approximate surface area is 146 Å². The molecule has 0 unspecified atom stereocenters. The van der Waals surface area contributed by atoms with Crippen LogP contribution in [0.25, 0.3) is 0 Å². The van der Waals surface area contributed by atoms with Crippen molar-refractivity contribution in [1.82, 2.24) is 10.6 Å². The molecule has 2 atom stereocenters. The Morgan fingerprint density at radius 2 is 1.46 bits per heavy atom. The summed E-state index contributed by atoms with van der Waals surface area (Å²) in [6, 6.07) is -1.32. The summed E-state index contributed by atoms with van der Waals surface area (Å²) in [5.41, 5.74) is 0. The minimum atomic E-state index is -0.683. The monoisotopic (exact) mass is 342 g/mol. The van der Waals surface area contributed by atoms with E-state index in [1.165, 1.54) is 6.92 Å². The Morgan fingerprint density at radius 3 is 1.92 bits per heavy atom. The highest BCUT2D eigenvalue weighted by Gasteiger charge is 2.28. The molecule has 2 N–H and O–H groups in total. The molecule has 2 amide bonds. The molecule has 6 heteroatoms. The lowest BCUT2D eigenvalue weighted by Crippen LogP contribution is -2.52. The second-order valence-electron chi connectivity index (χ2n) is 7.09. The Hall–Kier alpha value is -1.59. The summed E-state index contributed by atoms with van der Waals surface area (Å²) in [6.45, 7) is 11.7. The zero-order valence-corrected chi connectivity index (χ0v) is 16.0. The number of amides is 2. The van der Waals surface area contributed by atoms with E-state index < -0.39 is 18.1 Å². The normalized spacial score (nSPS) is 13.5. The summed E-state index contributed by atoms with van der Waals surface area (Å²) < 4.78 is 5.25. The highest BCUT2D eigenvalue weighted by molar-refractivity contribution is 5.90. The van der Waals surface area contributed by atoms with Crippen molar-refractivity contribution >= 4 is 17.8 Å². The second-order valence-corrected chi connectivity index (χ2v) is 7.09. The maximum absolute atomic E-state index is 12.5. The van der Waals surface area contributed by atoms with Gasteiger partial charge in [0.05, 0.1) is 6.61 Å². The van der Waals surface area contributed by atoms with Crippen LogP contribution in [0.5, 0.6) is 0 Å². The van der Waals surface area contributed by atoms with E-state index in [1.807, 2.05) is 34.6 Å². The van der Waals surface area contributed by atoms with Crippen LogP contribution in [0.2, 0.25) is 0 Å². The summed E-state index contributed by atoms with van der Waals surface area (Å²) >= 11 is 0. The van der Waals surface area contributed by atoms with Gasteiger partial charge in [0.1, 0.15) is 12.1 Å². The average Bonchev–Trinajstić information content (AvgIpc) is 2.44. The second kappa shape index (κ2) is 11.9. The maximum Gasteiger partial charge on any atom is 0.328 e. The molecule has 0 aromatic rings.